The summed E-state index contributed by atoms with van der Waals surface area (Å²) in [5.74, 6) is -0.259. The number of anilines is 1. The molecule has 2 aromatic carbocycles. The van der Waals surface area contributed by atoms with Crippen LogP contribution in [-0.4, -0.2) is 68.8 Å². The summed E-state index contributed by atoms with van der Waals surface area (Å²) in [5.41, 5.74) is 2.25. The van der Waals surface area contributed by atoms with Gasteiger partial charge in [-0.25, -0.2) is 13.4 Å². The van der Waals surface area contributed by atoms with Crippen LogP contribution in [-0.2, 0) is 10.0 Å². The van der Waals surface area contributed by atoms with E-state index < -0.39 is 10.0 Å². The van der Waals surface area contributed by atoms with Crippen LogP contribution in [0.4, 0.5) is 5.13 Å². The topological polar surface area (TPSA) is 121 Å². The van der Waals surface area contributed by atoms with Crippen LogP contribution in [0.3, 0.4) is 0 Å². The van der Waals surface area contributed by atoms with Gasteiger partial charge >= 0.3 is 0 Å². The third-order valence-corrected chi connectivity index (χ3v) is 8.71. The predicted octanol–water partition coefficient (Wildman–Crippen LogP) is 4.02. The Morgan fingerprint density at radius 1 is 0.973 bits per heavy atom. The molecule has 0 bridgehead atoms. The molecule has 0 unspecified atom stereocenters. The molecule has 0 aliphatic heterocycles. The van der Waals surface area contributed by atoms with E-state index in [9.17, 15) is 13.2 Å². The number of amides is 1. The van der Waals surface area contributed by atoms with Crippen molar-refractivity contribution >= 4 is 42.6 Å². The highest BCUT2D eigenvalue weighted by molar-refractivity contribution is 7.89. The Labute approximate surface area is 222 Å². The number of rotatable bonds is 12. The number of carbonyl (C=O) groups excluding carboxylic acids is 1. The normalized spacial score (nSPS) is 11.5. The van der Waals surface area contributed by atoms with Crippen LogP contribution in [0.2, 0.25) is 0 Å². The number of benzene rings is 2. The zero-order chi connectivity index (χ0) is 27.0. The number of nitriles is 2. The molecule has 1 aromatic heterocycles. The minimum atomic E-state index is -3.92. The van der Waals surface area contributed by atoms with Crippen LogP contribution < -0.4 is 4.90 Å². The first-order valence-electron chi connectivity index (χ1n) is 11.9. The number of hydrogen-bond acceptors (Lipinski definition) is 8. The molecule has 0 aliphatic rings. The van der Waals surface area contributed by atoms with Gasteiger partial charge in [0.15, 0.2) is 5.13 Å². The second-order valence-electron chi connectivity index (χ2n) is 8.78. The number of fused-ring (bicyclic) bond motifs is 1. The molecule has 3 aromatic rings. The maximum Gasteiger partial charge on any atom is 0.260 e. The average Bonchev–Trinajstić information content (AvgIpc) is 3.31. The Kier molecular flexibility index (Phi) is 9.73. The molecular weight excluding hydrogens is 508 g/mol. The third-order valence-electron chi connectivity index (χ3n) is 5.76. The SMILES string of the molecule is Cc1cccc2sc(N(CCCN(C)C)C(=O)c3ccc(S(=O)(=O)N(CCC#N)CCC#N)cc3)nc12. The molecular formula is C26H30N6O3S2. The highest BCUT2D eigenvalue weighted by atomic mass is 32.2. The van der Waals surface area contributed by atoms with Crippen molar-refractivity contribution in [2.24, 2.45) is 0 Å². The first-order valence-corrected chi connectivity index (χ1v) is 14.1. The van der Waals surface area contributed by atoms with Gasteiger partial charge in [-0.2, -0.15) is 14.8 Å². The molecule has 0 atom stereocenters. The van der Waals surface area contributed by atoms with E-state index in [4.69, 9.17) is 15.5 Å². The Morgan fingerprint density at radius 3 is 2.19 bits per heavy atom. The zero-order valence-corrected chi connectivity index (χ0v) is 22.8. The van der Waals surface area contributed by atoms with Crippen LogP contribution in [0.5, 0.6) is 0 Å². The first-order chi connectivity index (χ1) is 17.7. The molecule has 0 aliphatic carbocycles. The second kappa shape index (κ2) is 12.7. The molecule has 0 saturated carbocycles. The van der Waals surface area contributed by atoms with Crippen molar-refractivity contribution in [3.63, 3.8) is 0 Å². The highest BCUT2D eigenvalue weighted by Gasteiger charge is 2.26. The maximum absolute atomic E-state index is 13.6. The van der Waals surface area contributed by atoms with Crippen molar-refractivity contribution in [1.82, 2.24) is 14.2 Å². The lowest BCUT2D eigenvalue weighted by atomic mass is 10.2. The molecule has 0 radical (unpaired) electrons. The smallest absolute Gasteiger partial charge is 0.260 e. The Balaban J connectivity index is 1.90. The Bertz CT molecular complexity index is 1400. The van der Waals surface area contributed by atoms with Gasteiger partial charge in [0.25, 0.3) is 5.91 Å². The zero-order valence-electron chi connectivity index (χ0n) is 21.2. The van der Waals surface area contributed by atoms with Gasteiger partial charge in [-0.05, 0) is 69.9 Å². The summed E-state index contributed by atoms with van der Waals surface area (Å²) in [5, 5.41) is 18.4. The van der Waals surface area contributed by atoms with Crippen LogP contribution in [0.25, 0.3) is 10.2 Å². The minimum absolute atomic E-state index is 0.00211. The molecule has 1 heterocycles. The molecule has 0 N–H and O–H groups in total. The molecule has 0 fully saturated rings. The van der Waals surface area contributed by atoms with Gasteiger partial charge in [-0.15, -0.1) is 0 Å². The Hall–Kier alpha value is -3.35. The quantitative estimate of drug-likeness (QED) is 0.341. The predicted molar refractivity (Wildman–Crippen MR) is 145 cm³/mol. The number of thiazole rings is 1. The van der Waals surface area contributed by atoms with Crippen LogP contribution in [0, 0.1) is 29.6 Å². The lowest BCUT2D eigenvalue weighted by Gasteiger charge is -2.22. The lowest BCUT2D eigenvalue weighted by molar-refractivity contribution is 0.0986. The summed E-state index contributed by atoms with van der Waals surface area (Å²) in [7, 11) is 0.0344. The lowest BCUT2D eigenvalue weighted by Crippen LogP contribution is -2.34. The Morgan fingerprint density at radius 2 is 1.62 bits per heavy atom. The van der Waals surface area contributed by atoms with Crippen molar-refractivity contribution in [2.75, 3.05) is 45.2 Å². The fourth-order valence-electron chi connectivity index (χ4n) is 3.80. The number of sulfonamides is 1. The summed E-state index contributed by atoms with van der Waals surface area (Å²) >= 11 is 1.45. The monoisotopic (exact) mass is 538 g/mol. The fraction of sp³-hybridized carbons (Fsp3) is 0.385. The van der Waals surface area contributed by atoms with E-state index in [1.54, 1.807) is 4.90 Å². The summed E-state index contributed by atoms with van der Waals surface area (Å²) < 4.78 is 28.4. The van der Waals surface area contributed by atoms with Crippen molar-refractivity contribution < 1.29 is 13.2 Å². The largest absolute Gasteiger partial charge is 0.309 e. The molecule has 9 nitrogen and oxygen atoms in total. The number of para-hydroxylation sites is 1. The van der Waals surface area contributed by atoms with E-state index in [1.807, 2.05) is 51.4 Å². The number of hydrogen-bond donors (Lipinski definition) is 0. The van der Waals surface area contributed by atoms with Gasteiger partial charge < -0.3 is 4.90 Å². The van der Waals surface area contributed by atoms with E-state index >= 15 is 0 Å². The third kappa shape index (κ3) is 6.90. The van der Waals surface area contributed by atoms with Crippen molar-refractivity contribution in [1.29, 1.82) is 10.5 Å². The van der Waals surface area contributed by atoms with Crippen molar-refractivity contribution in [2.45, 2.75) is 31.1 Å². The number of nitrogens with zero attached hydrogens (tertiary/aromatic N) is 6. The first kappa shape index (κ1) is 28.2. The summed E-state index contributed by atoms with van der Waals surface area (Å²) in [6, 6.07) is 15.6. The van der Waals surface area contributed by atoms with Gasteiger partial charge in [0.2, 0.25) is 10.0 Å². The van der Waals surface area contributed by atoms with Gasteiger partial charge in [-0.3, -0.25) is 9.69 Å². The molecule has 194 valence electrons. The van der Waals surface area contributed by atoms with Crippen LogP contribution in [0.15, 0.2) is 47.4 Å². The van der Waals surface area contributed by atoms with Crippen molar-refractivity contribution in [3.05, 3.63) is 53.6 Å². The van der Waals surface area contributed by atoms with Gasteiger partial charge in [0.1, 0.15) is 0 Å². The van der Waals surface area contributed by atoms with Gasteiger partial charge in [0, 0.05) is 38.0 Å². The van der Waals surface area contributed by atoms with Gasteiger partial charge in [0.05, 0.1) is 27.3 Å². The number of aryl methyl sites for hydroxylation is 1. The van der Waals surface area contributed by atoms with Crippen LogP contribution >= 0.6 is 11.3 Å². The summed E-state index contributed by atoms with van der Waals surface area (Å²) in [4.78, 5) is 22.1. The summed E-state index contributed by atoms with van der Waals surface area (Å²) in [6.07, 6.45) is 0.780. The molecule has 1 amide bonds. The molecule has 11 heteroatoms. The summed E-state index contributed by atoms with van der Waals surface area (Å²) in [6.45, 7) is 3.24. The maximum atomic E-state index is 13.6. The fourth-order valence-corrected chi connectivity index (χ4v) is 6.30. The van der Waals surface area contributed by atoms with E-state index in [1.165, 1.54) is 35.6 Å². The number of aromatic nitrogens is 1. The average molecular weight is 539 g/mol. The molecule has 37 heavy (non-hydrogen) atoms. The number of carbonyl (C=O) groups is 1. The van der Waals surface area contributed by atoms with E-state index in [2.05, 4.69) is 4.90 Å². The van der Waals surface area contributed by atoms with Crippen LogP contribution in [0.1, 0.15) is 35.2 Å². The second-order valence-corrected chi connectivity index (χ2v) is 11.7. The van der Waals surface area contributed by atoms with E-state index in [0.717, 1.165) is 33.1 Å². The molecule has 3 rings (SSSR count). The standard InChI is InChI=1S/C26H30N6O3S2/c1-20-8-4-9-23-24(20)29-26(36-23)32(19-7-16-30(2)3)25(33)21-10-12-22(13-11-21)37(34,35)31(17-5-14-27)18-6-15-28/h4,8-13H,5-7,16-19H2,1-3H3. The van der Waals surface area contributed by atoms with Crippen molar-refractivity contribution in [3.8, 4) is 12.1 Å². The molecule has 0 saturated heterocycles. The van der Waals surface area contributed by atoms with E-state index in [0.29, 0.717) is 17.2 Å². The highest BCUT2D eigenvalue weighted by Crippen LogP contribution is 2.31. The van der Waals surface area contributed by atoms with E-state index in [-0.39, 0.29) is 36.7 Å². The van der Waals surface area contributed by atoms with Gasteiger partial charge in [-0.1, -0.05) is 23.5 Å². The minimum Gasteiger partial charge on any atom is -0.309 e. The molecule has 0 spiro atoms.